The van der Waals surface area contributed by atoms with Gasteiger partial charge in [0.2, 0.25) is 5.89 Å². The van der Waals surface area contributed by atoms with Gasteiger partial charge < -0.3 is 4.42 Å². The minimum absolute atomic E-state index is 0.615. The van der Waals surface area contributed by atoms with E-state index >= 15 is 0 Å². The van der Waals surface area contributed by atoms with Crippen LogP contribution < -0.4 is 0 Å². The van der Waals surface area contributed by atoms with Crippen LogP contribution >= 0.6 is 0 Å². The average Bonchev–Trinajstić information content (AvgIpc) is 2.96. The van der Waals surface area contributed by atoms with E-state index in [0.717, 1.165) is 11.1 Å². The molecule has 0 aliphatic heterocycles. The number of rotatable bonds is 1. The molecule has 3 aromatic rings. The van der Waals surface area contributed by atoms with E-state index in [0.29, 0.717) is 11.5 Å². The Bertz CT molecular complexity index is 555. The second-order valence-corrected chi connectivity index (χ2v) is 3.21. The second-order valence-electron chi connectivity index (χ2n) is 3.21. The van der Waals surface area contributed by atoms with Gasteiger partial charge in [0.25, 0.3) is 0 Å². The predicted octanol–water partition coefficient (Wildman–Crippen LogP) is 4.94. The Morgan fingerprint density at radius 2 is 1.53 bits per heavy atom. The molecule has 0 amide bonds. The number of aromatic nitrogens is 2. The molecule has 2 aromatic heterocycles. The Morgan fingerprint density at radius 1 is 0.842 bits per heavy atom. The number of hydrogen-bond acceptors (Lipinski definition) is 3. The second kappa shape index (κ2) is 8.03. The smallest absolute Gasteiger partial charge is 0.228 e. The van der Waals surface area contributed by atoms with Crippen LogP contribution in [0.15, 0.2) is 53.1 Å². The third-order valence-electron chi connectivity index (χ3n) is 2.19. The highest BCUT2D eigenvalue weighted by Gasteiger charge is 2.06. The largest absolute Gasteiger partial charge is 0.434 e. The molecule has 0 aliphatic rings. The molecule has 1 aromatic carbocycles. The lowest BCUT2D eigenvalue weighted by atomic mass is 10.2. The van der Waals surface area contributed by atoms with Gasteiger partial charge >= 0.3 is 0 Å². The van der Waals surface area contributed by atoms with Crippen molar-refractivity contribution < 1.29 is 4.42 Å². The van der Waals surface area contributed by atoms with Crippen LogP contribution in [0.5, 0.6) is 0 Å². The van der Waals surface area contributed by atoms with Crippen molar-refractivity contribution in [3.63, 3.8) is 0 Å². The minimum Gasteiger partial charge on any atom is -0.434 e. The van der Waals surface area contributed by atoms with Crippen molar-refractivity contribution in [1.82, 2.24) is 9.97 Å². The topological polar surface area (TPSA) is 38.9 Å². The van der Waals surface area contributed by atoms with Gasteiger partial charge in [0, 0.05) is 11.8 Å². The highest BCUT2D eigenvalue weighted by atomic mass is 16.3. The number of fused-ring (bicyclic) bond motifs is 1. The van der Waals surface area contributed by atoms with Crippen molar-refractivity contribution in [3.05, 3.63) is 48.7 Å². The average molecular weight is 256 g/mol. The number of oxazole rings is 1. The number of nitrogens with zero attached hydrogens (tertiary/aromatic N) is 2. The Kier molecular flexibility index (Phi) is 6.30. The molecule has 0 saturated heterocycles. The summed E-state index contributed by atoms with van der Waals surface area (Å²) in [6.45, 7) is 8.00. The number of hydrogen-bond donors (Lipinski definition) is 0. The molecule has 2 heterocycles. The first-order valence-electron chi connectivity index (χ1n) is 6.70. The van der Waals surface area contributed by atoms with E-state index in [4.69, 9.17) is 4.42 Å². The van der Waals surface area contributed by atoms with Gasteiger partial charge in [-0.2, -0.15) is 4.98 Å². The van der Waals surface area contributed by atoms with Gasteiger partial charge in [-0.15, -0.1) is 0 Å². The molecule has 19 heavy (non-hydrogen) atoms. The first kappa shape index (κ1) is 14.9. The molecule has 0 saturated carbocycles. The zero-order chi connectivity index (χ0) is 14.1. The summed E-state index contributed by atoms with van der Waals surface area (Å²) in [6, 6.07) is 13.5. The number of benzene rings is 1. The van der Waals surface area contributed by atoms with Gasteiger partial charge in [0.1, 0.15) is 0 Å². The minimum atomic E-state index is 0.615. The zero-order valence-corrected chi connectivity index (χ0v) is 11.9. The fraction of sp³-hybridized carbons (Fsp3) is 0.250. The number of pyridine rings is 1. The standard InChI is InChI=1S/C12H8N2O.2C2H6/c1-2-5-9(6-3-1)12-14-11-10(15-12)7-4-8-13-11;2*1-2/h1-8H;2*1-2H3. The van der Waals surface area contributed by atoms with Gasteiger partial charge in [-0.05, 0) is 24.3 Å². The van der Waals surface area contributed by atoms with Crippen LogP contribution in [0.25, 0.3) is 22.7 Å². The van der Waals surface area contributed by atoms with E-state index in [1.54, 1.807) is 6.20 Å². The van der Waals surface area contributed by atoms with Crippen LogP contribution in [0.2, 0.25) is 0 Å². The van der Waals surface area contributed by atoms with E-state index in [2.05, 4.69) is 9.97 Å². The van der Waals surface area contributed by atoms with Crippen LogP contribution in [0.4, 0.5) is 0 Å². The first-order chi connectivity index (χ1) is 9.43. The fourth-order valence-corrected chi connectivity index (χ4v) is 1.47. The Balaban J connectivity index is 0.000000415. The maximum Gasteiger partial charge on any atom is 0.228 e. The zero-order valence-electron chi connectivity index (χ0n) is 11.9. The first-order valence-corrected chi connectivity index (χ1v) is 6.70. The Morgan fingerprint density at radius 3 is 2.16 bits per heavy atom. The molecule has 0 aliphatic carbocycles. The maximum absolute atomic E-state index is 5.58. The molecule has 0 spiro atoms. The molecule has 0 bridgehead atoms. The summed E-state index contributed by atoms with van der Waals surface area (Å²) in [6.07, 6.45) is 1.71. The van der Waals surface area contributed by atoms with Gasteiger partial charge in [-0.3, -0.25) is 0 Å². The van der Waals surface area contributed by atoms with E-state index in [9.17, 15) is 0 Å². The van der Waals surface area contributed by atoms with Crippen LogP contribution in [-0.2, 0) is 0 Å². The van der Waals surface area contributed by atoms with Gasteiger partial charge in [-0.25, -0.2) is 4.98 Å². The summed E-state index contributed by atoms with van der Waals surface area (Å²) in [5.41, 5.74) is 2.34. The molecule has 0 N–H and O–H groups in total. The molecule has 3 heteroatoms. The summed E-state index contributed by atoms with van der Waals surface area (Å²) in [5.74, 6) is 0.615. The molecule has 3 rings (SSSR count). The lowest BCUT2D eigenvalue weighted by Gasteiger charge is -1.91. The molecule has 0 unspecified atom stereocenters. The summed E-state index contributed by atoms with van der Waals surface area (Å²) < 4.78 is 5.58. The van der Waals surface area contributed by atoms with Gasteiger partial charge in [0.15, 0.2) is 11.2 Å². The molecule has 3 nitrogen and oxygen atoms in total. The van der Waals surface area contributed by atoms with Crippen molar-refractivity contribution in [2.24, 2.45) is 0 Å². The Hall–Kier alpha value is -2.16. The van der Waals surface area contributed by atoms with Gasteiger partial charge in [0.05, 0.1) is 0 Å². The third-order valence-corrected chi connectivity index (χ3v) is 2.19. The van der Waals surface area contributed by atoms with Crippen molar-refractivity contribution in [1.29, 1.82) is 0 Å². The van der Waals surface area contributed by atoms with E-state index in [1.165, 1.54) is 0 Å². The van der Waals surface area contributed by atoms with Crippen LogP contribution in [-0.4, -0.2) is 9.97 Å². The lowest BCUT2D eigenvalue weighted by molar-refractivity contribution is 0.619. The monoisotopic (exact) mass is 256 g/mol. The van der Waals surface area contributed by atoms with Crippen LogP contribution in [0.1, 0.15) is 27.7 Å². The maximum atomic E-state index is 5.58. The summed E-state index contributed by atoms with van der Waals surface area (Å²) >= 11 is 0. The lowest BCUT2D eigenvalue weighted by Crippen LogP contribution is -1.76. The van der Waals surface area contributed by atoms with Gasteiger partial charge in [-0.1, -0.05) is 45.9 Å². The summed E-state index contributed by atoms with van der Waals surface area (Å²) in [7, 11) is 0. The van der Waals surface area contributed by atoms with Crippen molar-refractivity contribution >= 4 is 11.2 Å². The molecule has 0 radical (unpaired) electrons. The highest BCUT2D eigenvalue weighted by Crippen LogP contribution is 2.22. The molecular formula is C16H20N2O. The molecule has 0 atom stereocenters. The molecular weight excluding hydrogens is 236 g/mol. The predicted molar refractivity (Wildman–Crippen MR) is 79.9 cm³/mol. The van der Waals surface area contributed by atoms with E-state index in [1.807, 2.05) is 70.2 Å². The normalized spacial score (nSPS) is 9.05. The van der Waals surface area contributed by atoms with Crippen LogP contribution in [0, 0.1) is 0 Å². The van der Waals surface area contributed by atoms with E-state index in [-0.39, 0.29) is 0 Å². The molecule has 100 valence electrons. The van der Waals surface area contributed by atoms with Crippen LogP contribution in [0.3, 0.4) is 0 Å². The van der Waals surface area contributed by atoms with Crippen molar-refractivity contribution in [2.75, 3.05) is 0 Å². The Labute approximate surface area is 114 Å². The highest BCUT2D eigenvalue weighted by molar-refractivity contribution is 5.71. The molecule has 0 fully saturated rings. The quantitative estimate of drug-likeness (QED) is 0.619. The van der Waals surface area contributed by atoms with Crippen molar-refractivity contribution in [3.8, 4) is 11.5 Å². The summed E-state index contributed by atoms with van der Waals surface area (Å²) in [4.78, 5) is 8.43. The fourth-order valence-electron chi connectivity index (χ4n) is 1.47. The van der Waals surface area contributed by atoms with E-state index < -0.39 is 0 Å². The summed E-state index contributed by atoms with van der Waals surface area (Å²) in [5, 5.41) is 0. The van der Waals surface area contributed by atoms with Crippen molar-refractivity contribution in [2.45, 2.75) is 27.7 Å². The SMILES string of the molecule is CC.CC.c1ccc(-c2nc3ncccc3o2)cc1. The third kappa shape index (κ3) is 3.65.